The molecule has 0 bridgehead atoms. The minimum atomic E-state index is -0.213. The molecule has 140 valence electrons. The van der Waals surface area contributed by atoms with Crippen LogP contribution >= 0.6 is 11.3 Å². The average molecular weight is 382 g/mol. The lowest BCUT2D eigenvalue weighted by Gasteiger charge is -2.18. The van der Waals surface area contributed by atoms with Crippen molar-refractivity contribution in [3.63, 3.8) is 0 Å². The summed E-state index contributed by atoms with van der Waals surface area (Å²) < 4.78 is 10.7. The average Bonchev–Trinajstić information content (AvgIpc) is 3.16. The van der Waals surface area contributed by atoms with Gasteiger partial charge in [0.1, 0.15) is 16.5 Å². The minimum Gasteiger partial charge on any atom is -0.497 e. The Labute approximate surface area is 163 Å². The van der Waals surface area contributed by atoms with Crippen molar-refractivity contribution < 1.29 is 14.3 Å². The fraction of sp³-hybridized carbons (Fsp3) is 0.238. The summed E-state index contributed by atoms with van der Waals surface area (Å²) in [6, 6.07) is 15.3. The first-order valence-electron chi connectivity index (χ1n) is 8.62. The van der Waals surface area contributed by atoms with Crippen molar-refractivity contribution in [2.24, 2.45) is 0 Å². The van der Waals surface area contributed by atoms with E-state index in [1.165, 1.54) is 0 Å². The molecule has 3 aromatic rings. The molecule has 0 radical (unpaired) electrons. The lowest BCUT2D eigenvalue weighted by molar-refractivity contribution is -0.121. The lowest BCUT2D eigenvalue weighted by atomic mass is 10.1. The summed E-state index contributed by atoms with van der Waals surface area (Å²) in [5.41, 5.74) is 2.69. The topological polar surface area (TPSA) is 60.5 Å². The number of hydrogen-bond acceptors (Lipinski definition) is 5. The molecular weight excluding hydrogens is 360 g/mol. The predicted octanol–water partition coefficient (Wildman–Crippen LogP) is 4.25. The van der Waals surface area contributed by atoms with Crippen LogP contribution in [0.5, 0.6) is 11.5 Å². The number of hydrogen-bond donors (Lipinski definition) is 1. The minimum absolute atomic E-state index is 0.0858. The Morgan fingerprint density at radius 3 is 2.63 bits per heavy atom. The molecule has 0 spiro atoms. The van der Waals surface area contributed by atoms with Crippen LogP contribution in [0.1, 0.15) is 24.2 Å². The van der Waals surface area contributed by atoms with E-state index >= 15 is 0 Å². The van der Waals surface area contributed by atoms with Crippen LogP contribution in [0.15, 0.2) is 53.9 Å². The predicted molar refractivity (Wildman–Crippen MR) is 107 cm³/mol. The maximum absolute atomic E-state index is 12.5. The highest BCUT2D eigenvalue weighted by Crippen LogP contribution is 2.29. The molecule has 1 aromatic heterocycles. The fourth-order valence-corrected chi connectivity index (χ4v) is 3.64. The first-order chi connectivity index (χ1) is 13.1. The number of aromatic nitrogens is 1. The Balaban J connectivity index is 1.67. The van der Waals surface area contributed by atoms with Crippen LogP contribution in [0.2, 0.25) is 0 Å². The molecule has 2 aromatic carbocycles. The Kier molecular flexibility index (Phi) is 6.08. The number of nitrogens with zero attached hydrogens (tertiary/aromatic N) is 1. The van der Waals surface area contributed by atoms with Crippen molar-refractivity contribution in [3.8, 4) is 22.1 Å². The summed E-state index contributed by atoms with van der Waals surface area (Å²) >= 11 is 1.54. The van der Waals surface area contributed by atoms with Gasteiger partial charge in [-0.1, -0.05) is 30.3 Å². The summed E-state index contributed by atoms with van der Waals surface area (Å²) in [5, 5.41) is 5.86. The first kappa shape index (κ1) is 18.9. The molecule has 0 aliphatic rings. The van der Waals surface area contributed by atoms with E-state index in [0.717, 1.165) is 27.6 Å². The summed E-state index contributed by atoms with van der Waals surface area (Å²) in [6.45, 7) is 1.92. The number of carbonyl (C=O) groups excluding carboxylic acids is 1. The molecule has 1 amide bonds. The van der Waals surface area contributed by atoms with Crippen LogP contribution in [0.25, 0.3) is 10.6 Å². The largest absolute Gasteiger partial charge is 0.497 e. The molecule has 1 heterocycles. The van der Waals surface area contributed by atoms with Crippen molar-refractivity contribution >= 4 is 17.2 Å². The van der Waals surface area contributed by atoms with Gasteiger partial charge in [-0.3, -0.25) is 4.79 Å². The van der Waals surface area contributed by atoms with Gasteiger partial charge in [0.05, 0.1) is 32.4 Å². The smallest absolute Gasteiger partial charge is 0.226 e. The molecule has 0 saturated carbocycles. The highest BCUT2D eigenvalue weighted by Gasteiger charge is 2.16. The molecule has 1 unspecified atom stereocenters. The Morgan fingerprint density at radius 2 is 1.93 bits per heavy atom. The summed E-state index contributed by atoms with van der Waals surface area (Å²) in [7, 11) is 3.22. The van der Waals surface area contributed by atoms with E-state index < -0.39 is 0 Å². The van der Waals surface area contributed by atoms with E-state index in [9.17, 15) is 4.79 Å². The monoisotopic (exact) mass is 382 g/mol. The van der Waals surface area contributed by atoms with Crippen molar-refractivity contribution in [3.05, 3.63) is 65.2 Å². The number of nitrogens with one attached hydrogen (secondary N) is 1. The second-order valence-electron chi connectivity index (χ2n) is 6.08. The number of thiazole rings is 1. The quantitative estimate of drug-likeness (QED) is 0.664. The van der Waals surface area contributed by atoms with Crippen molar-refractivity contribution in [2.45, 2.75) is 19.4 Å². The highest BCUT2D eigenvalue weighted by molar-refractivity contribution is 7.13. The van der Waals surface area contributed by atoms with Gasteiger partial charge in [-0.05, 0) is 25.1 Å². The number of ether oxygens (including phenoxy) is 2. The van der Waals surface area contributed by atoms with Crippen LogP contribution in [0.4, 0.5) is 0 Å². The molecular formula is C21H22N2O3S. The van der Waals surface area contributed by atoms with Gasteiger partial charge in [0.25, 0.3) is 0 Å². The third kappa shape index (κ3) is 4.65. The molecule has 27 heavy (non-hydrogen) atoms. The van der Waals surface area contributed by atoms with Gasteiger partial charge in [-0.2, -0.15) is 0 Å². The van der Waals surface area contributed by atoms with Crippen molar-refractivity contribution in [1.29, 1.82) is 0 Å². The number of amides is 1. The third-order valence-electron chi connectivity index (χ3n) is 4.20. The first-order valence-corrected chi connectivity index (χ1v) is 9.49. The van der Waals surface area contributed by atoms with Crippen molar-refractivity contribution in [2.75, 3.05) is 14.2 Å². The number of methoxy groups -OCH3 is 2. The van der Waals surface area contributed by atoms with Crippen LogP contribution in [0, 0.1) is 0 Å². The van der Waals surface area contributed by atoms with E-state index in [1.807, 2.05) is 60.8 Å². The number of benzene rings is 2. The van der Waals surface area contributed by atoms with Crippen LogP contribution < -0.4 is 14.8 Å². The van der Waals surface area contributed by atoms with Gasteiger partial charge in [0.15, 0.2) is 0 Å². The molecule has 0 aliphatic carbocycles. The van der Waals surface area contributed by atoms with Gasteiger partial charge in [0.2, 0.25) is 5.91 Å². The van der Waals surface area contributed by atoms with Gasteiger partial charge < -0.3 is 14.8 Å². The number of rotatable bonds is 7. The zero-order valence-electron chi connectivity index (χ0n) is 15.6. The zero-order valence-corrected chi connectivity index (χ0v) is 16.4. The van der Waals surface area contributed by atoms with E-state index in [-0.39, 0.29) is 18.4 Å². The van der Waals surface area contributed by atoms with E-state index in [0.29, 0.717) is 5.75 Å². The molecule has 0 fully saturated rings. The SMILES string of the molecule is COc1ccc(OC)c(C(C)NC(=O)Cc2csc(-c3ccccc3)n2)c1. The normalized spacial score (nSPS) is 11.7. The Bertz CT molecular complexity index is 909. The Hall–Kier alpha value is -2.86. The van der Waals surface area contributed by atoms with Gasteiger partial charge in [-0.15, -0.1) is 11.3 Å². The lowest BCUT2D eigenvalue weighted by Crippen LogP contribution is -2.28. The van der Waals surface area contributed by atoms with E-state index in [2.05, 4.69) is 10.3 Å². The van der Waals surface area contributed by atoms with Crippen LogP contribution in [-0.4, -0.2) is 25.1 Å². The van der Waals surface area contributed by atoms with Gasteiger partial charge in [0, 0.05) is 16.5 Å². The standard InChI is InChI=1S/C21H22N2O3S/c1-14(18-12-17(25-2)9-10-19(18)26-3)22-20(24)11-16-13-27-21(23-16)15-7-5-4-6-8-15/h4-10,12-14H,11H2,1-3H3,(H,22,24). The molecule has 5 nitrogen and oxygen atoms in total. The van der Waals surface area contributed by atoms with E-state index in [1.54, 1.807) is 25.6 Å². The molecule has 1 N–H and O–H groups in total. The summed E-state index contributed by atoms with van der Waals surface area (Å²) in [5.74, 6) is 1.35. The molecule has 0 aliphatic heterocycles. The third-order valence-corrected chi connectivity index (χ3v) is 5.14. The Morgan fingerprint density at radius 1 is 1.15 bits per heavy atom. The second-order valence-corrected chi connectivity index (χ2v) is 6.94. The van der Waals surface area contributed by atoms with Crippen LogP contribution in [0.3, 0.4) is 0 Å². The van der Waals surface area contributed by atoms with Crippen LogP contribution in [-0.2, 0) is 11.2 Å². The fourth-order valence-electron chi connectivity index (χ4n) is 2.81. The second kappa shape index (κ2) is 8.68. The van der Waals surface area contributed by atoms with Crippen molar-refractivity contribution in [1.82, 2.24) is 10.3 Å². The molecule has 1 atom stereocenters. The maximum Gasteiger partial charge on any atom is 0.226 e. The summed E-state index contributed by atoms with van der Waals surface area (Å²) in [6.07, 6.45) is 0.236. The summed E-state index contributed by atoms with van der Waals surface area (Å²) in [4.78, 5) is 17.1. The highest BCUT2D eigenvalue weighted by atomic mass is 32.1. The zero-order chi connectivity index (χ0) is 19.2. The van der Waals surface area contributed by atoms with Gasteiger partial charge >= 0.3 is 0 Å². The molecule has 6 heteroatoms. The molecule has 3 rings (SSSR count). The maximum atomic E-state index is 12.5. The van der Waals surface area contributed by atoms with Gasteiger partial charge in [-0.25, -0.2) is 4.98 Å². The molecule has 0 saturated heterocycles. The van der Waals surface area contributed by atoms with E-state index in [4.69, 9.17) is 9.47 Å². The number of carbonyl (C=O) groups is 1.